The van der Waals surface area contributed by atoms with E-state index in [1.807, 2.05) is 91.0 Å². The first kappa shape index (κ1) is 28.3. The van der Waals surface area contributed by atoms with Crippen molar-refractivity contribution in [2.24, 2.45) is 0 Å². The fourth-order valence-corrected chi connectivity index (χ4v) is 5.15. The monoisotopic (exact) mass is 547 g/mol. The van der Waals surface area contributed by atoms with E-state index in [2.05, 4.69) is 0 Å². The molecule has 1 amide bonds. The lowest BCUT2D eigenvalue weighted by atomic mass is 9.96. The molecule has 212 valence electrons. The Hall–Kier alpha value is -3.27. The summed E-state index contributed by atoms with van der Waals surface area (Å²) in [6.07, 6.45) is -2.10. The highest BCUT2D eigenvalue weighted by atomic mass is 16.6. The van der Waals surface area contributed by atoms with Crippen LogP contribution in [0.5, 0.6) is 0 Å². The van der Waals surface area contributed by atoms with Crippen molar-refractivity contribution in [1.29, 1.82) is 0 Å². The summed E-state index contributed by atoms with van der Waals surface area (Å²) in [5, 5.41) is 0. The van der Waals surface area contributed by atoms with Crippen molar-refractivity contribution < 1.29 is 33.2 Å². The van der Waals surface area contributed by atoms with Crippen LogP contribution in [0.2, 0.25) is 0 Å². The van der Waals surface area contributed by atoms with Gasteiger partial charge >= 0.3 is 6.09 Å². The zero-order valence-corrected chi connectivity index (χ0v) is 22.8. The number of rotatable bonds is 13. The van der Waals surface area contributed by atoms with Crippen molar-refractivity contribution in [2.45, 2.75) is 50.3 Å². The van der Waals surface area contributed by atoms with E-state index in [0.717, 1.165) is 16.7 Å². The first-order valence-electron chi connectivity index (χ1n) is 13.7. The summed E-state index contributed by atoms with van der Waals surface area (Å²) in [7, 11) is 1.60. The topological polar surface area (TPSA) is 75.7 Å². The summed E-state index contributed by atoms with van der Waals surface area (Å²) in [5.41, 5.74) is 3.16. The average Bonchev–Trinajstić information content (AvgIpc) is 3.36. The summed E-state index contributed by atoms with van der Waals surface area (Å²) in [6, 6.07) is 29.6. The van der Waals surface area contributed by atoms with Crippen molar-refractivity contribution in [2.75, 3.05) is 33.5 Å². The Kier molecular flexibility index (Phi) is 10.2. The van der Waals surface area contributed by atoms with Gasteiger partial charge in [-0.2, -0.15) is 0 Å². The third-order valence-electron chi connectivity index (χ3n) is 7.17. The van der Waals surface area contributed by atoms with Gasteiger partial charge in [0.2, 0.25) is 0 Å². The lowest BCUT2D eigenvalue weighted by Crippen LogP contribution is -2.62. The zero-order valence-electron chi connectivity index (χ0n) is 22.8. The predicted octanol–water partition coefficient (Wildman–Crippen LogP) is 4.61. The molecule has 0 bridgehead atoms. The Labute approximate surface area is 235 Å². The molecule has 2 aliphatic heterocycles. The third kappa shape index (κ3) is 7.47. The number of ether oxygens (including phenoxy) is 6. The maximum absolute atomic E-state index is 12.9. The van der Waals surface area contributed by atoms with Gasteiger partial charge in [0.1, 0.15) is 24.4 Å². The number of carbonyl (C=O) groups excluding carboxylic acids is 1. The minimum atomic E-state index is -0.493. The van der Waals surface area contributed by atoms with Crippen molar-refractivity contribution in [3.05, 3.63) is 108 Å². The van der Waals surface area contributed by atoms with E-state index in [4.69, 9.17) is 28.4 Å². The Bertz CT molecular complexity index is 1160. The van der Waals surface area contributed by atoms with Gasteiger partial charge in [0.15, 0.2) is 0 Å². The van der Waals surface area contributed by atoms with Crippen molar-refractivity contribution in [3.8, 4) is 0 Å². The van der Waals surface area contributed by atoms with Crippen LogP contribution < -0.4 is 0 Å². The smallest absolute Gasteiger partial charge is 0.410 e. The molecule has 0 unspecified atom stereocenters. The summed E-state index contributed by atoms with van der Waals surface area (Å²) < 4.78 is 36.4. The summed E-state index contributed by atoms with van der Waals surface area (Å²) in [6.45, 7) is 2.53. The van der Waals surface area contributed by atoms with Crippen molar-refractivity contribution in [1.82, 2.24) is 4.90 Å². The van der Waals surface area contributed by atoms with E-state index in [0.29, 0.717) is 39.6 Å². The van der Waals surface area contributed by atoms with E-state index >= 15 is 0 Å². The molecule has 0 aliphatic carbocycles. The molecule has 2 heterocycles. The zero-order chi connectivity index (χ0) is 27.6. The molecule has 0 aromatic heterocycles. The molecule has 40 heavy (non-hydrogen) atoms. The van der Waals surface area contributed by atoms with Gasteiger partial charge in [-0.15, -0.1) is 0 Å². The largest absolute Gasteiger partial charge is 0.442 e. The van der Waals surface area contributed by atoms with Crippen molar-refractivity contribution in [3.63, 3.8) is 0 Å². The number of carbonyl (C=O) groups is 1. The number of cyclic esters (lactones) is 1. The lowest BCUT2D eigenvalue weighted by Gasteiger charge is -2.44. The van der Waals surface area contributed by atoms with E-state index < -0.39 is 30.4 Å². The van der Waals surface area contributed by atoms with Crippen molar-refractivity contribution >= 4 is 6.09 Å². The number of hydrogen-bond donors (Lipinski definition) is 0. The highest BCUT2D eigenvalue weighted by Gasteiger charge is 2.49. The van der Waals surface area contributed by atoms with Gasteiger partial charge in [-0.05, 0) is 16.7 Å². The highest BCUT2D eigenvalue weighted by Crippen LogP contribution is 2.30. The van der Waals surface area contributed by atoms with Gasteiger partial charge in [-0.25, -0.2) is 4.79 Å². The maximum atomic E-state index is 12.9. The van der Waals surface area contributed by atoms with E-state index in [1.165, 1.54) is 0 Å². The summed E-state index contributed by atoms with van der Waals surface area (Å²) in [4.78, 5) is 14.6. The molecule has 3 aromatic rings. The fraction of sp³-hybridized carbons (Fsp3) is 0.406. The van der Waals surface area contributed by atoms with E-state index in [9.17, 15) is 4.79 Å². The average molecular weight is 548 g/mol. The molecule has 0 spiro atoms. The van der Waals surface area contributed by atoms with E-state index in [1.54, 1.807) is 12.0 Å². The molecule has 3 aromatic carbocycles. The first-order valence-corrected chi connectivity index (χ1v) is 13.7. The van der Waals surface area contributed by atoms with Crippen LogP contribution in [0.15, 0.2) is 91.0 Å². The highest BCUT2D eigenvalue weighted by molar-refractivity contribution is 5.70. The number of methoxy groups -OCH3 is 1. The Morgan fingerprint density at radius 3 is 1.88 bits per heavy atom. The SMILES string of the molecule is COC[C@@H]1CN([C@H]2CO[C@H](COCc3ccccc3)[C@H](OCc3ccccc3)[C@@H]2OCc2ccccc2)C(=O)O1. The van der Waals surface area contributed by atoms with Gasteiger partial charge in [0.05, 0.1) is 52.2 Å². The molecule has 0 saturated carbocycles. The first-order chi connectivity index (χ1) is 19.7. The van der Waals surface area contributed by atoms with Gasteiger partial charge in [0, 0.05) is 7.11 Å². The maximum Gasteiger partial charge on any atom is 0.410 e. The van der Waals surface area contributed by atoms with Gasteiger partial charge in [-0.1, -0.05) is 91.0 Å². The van der Waals surface area contributed by atoms with Crippen LogP contribution in [0.1, 0.15) is 16.7 Å². The van der Waals surface area contributed by atoms with Gasteiger partial charge in [-0.3, -0.25) is 4.90 Å². The standard InChI is InChI=1S/C32H37NO7/c1-35-21-27-17-33(32(34)40-27)28-22-37-29(23-36-18-24-11-5-2-6-12-24)31(39-20-26-15-9-4-10-16-26)30(28)38-19-25-13-7-3-8-14-25/h2-16,27-31H,17-23H2,1H3/t27-,28-,29+,30+,31-/m0/s1. The Morgan fingerprint density at radius 1 is 0.750 bits per heavy atom. The number of nitrogens with zero attached hydrogens (tertiary/aromatic N) is 1. The number of benzene rings is 3. The van der Waals surface area contributed by atoms with Crippen LogP contribution in [0.25, 0.3) is 0 Å². The third-order valence-corrected chi connectivity index (χ3v) is 7.17. The molecule has 5 atom stereocenters. The molecule has 0 N–H and O–H groups in total. The van der Waals surface area contributed by atoms with Crippen LogP contribution in [0.4, 0.5) is 4.79 Å². The quantitative estimate of drug-likeness (QED) is 0.309. The molecule has 8 heteroatoms. The molecule has 8 nitrogen and oxygen atoms in total. The second-order valence-corrected chi connectivity index (χ2v) is 10.1. The minimum Gasteiger partial charge on any atom is -0.442 e. The van der Waals surface area contributed by atoms with E-state index in [-0.39, 0.29) is 12.7 Å². The second kappa shape index (κ2) is 14.4. The molecular formula is C32H37NO7. The predicted molar refractivity (Wildman–Crippen MR) is 149 cm³/mol. The van der Waals surface area contributed by atoms with Crippen LogP contribution >= 0.6 is 0 Å². The van der Waals surface area contributed by atoms with Gasteiger partial charge in [0.25, 0.3) is 0 Å². The van der Waals surface area contributed by atoms with Crippen LogP contribution in [-0.4, -0.2) is 74.9 Å². The summed E-state index contributed by atoms with van der Waals surface area (Å²) >= 11 is 0. The molecule has 2 saturated heterocycles. The van der Waals surface area contributed by atoms with Crippen LogP contribution in [0.3, 0.4) is 0 Å². The Morgan fingerprint density at radius 2 is 1.30 bits per heavy atom. The molecular weight excluding hydrogens is 510 g/mol. The Balaban J connectivity index is 1.36. The fourth-order valence-electron chi connectivity index (χ4n) is 5.15. The second-order valence-electron chi connectivity index (χ2n) is 10.1. The summed E-state index contributed by atoms with van der Waals surface area (Å²) in [5.74, 6) is 0. The molecule has 0 radical (unpaired) electrons. The number of amides is 1. The van der Waals surface area contributed by atoms with Gasteiger partial charge < -0.3 is 28.4 Å². The molecule has 5 rings (SSSR count). The normalized spacial score (nSPS) is 24.7. The molecule has 2 aliphatic rings. The minimum absolute atomic E-state index is 0.277. The van der Waals surface area contributed by atoms with Crippen LogP contribution in [-0.2, 0) is 48.2 Å². The lowest BCUT2D eigenvalue weighted by molar-refractivity contribution is -0.218. The number of hydrogen-bond acceptors (Lipinski definition) is 7. The molecule has 2 fully saturated rings. The van der Waals surface area contributed by atoms with Crippen LogP contribution in [0, 0.1) is 0 Å².